The fourth-order valence-electron chi connectivity index (χ4n) is 2.74. The van der Waals surface area contributed by atoms with Gasteiger partial charge < -0.3 is 25.5 Å². The third kappa shape index (κ3) is 2.18. The van der Waals surface area contributed by atoms with Crippen LogP contribution in [0.15, 0.2) is 30.3 Å². The number of Topliss-reactive ketones (excluding diaryl/α,β-unsaturated/α-hetero) is 2. The first-order valence-electron chi connectivity index (χ1n) is 6.65. The Morgan fingerprint density at radius 2 is 1.48 bits per heavy atom. The number of aliphatic hydroxyl groups excluding tert-OH is 1. The summed E-state index contributed by atoms with van der Waals surface area (Å²) in [6, 6.07) is 5.44. The van der Waals surface area contributed by atoms with Crippen LogP contribution in [0.2, 0.25) is 0 Å². The van der Waals surface area contributed by atoms with Crippen LogP contribution < -0.4 is 0 Å². The van der Waals surface area contributed by atoms with Crippen molar-refractivity contribution in [1.82, 2.24) is 0 Å². The molecule has 0 heterocycles. The number of carbonyl (C=O) groups is 2. The van der Waals surface area contributed by atoms with Gasteiger partial charge in [-0.2, -0.15) is 0 Å². The molecule has 0 saturated carbocycles. The average Bonchev–Trinajstić information content (AvgIpc) is 2.48. The zero-order valence-corrected chi connectivity index (χ0v) is 11.6. The highest BCUT2D eigenvalue weighted by molar-refractivity contribution is 6.20. The number of aromatic hydroxyl groups is 4. The Hall–Kier alpha value is -3.06. The molecule has 2 aromatic rings. The lowest BCUT2D eigenvalue weighted by molar-refractivity contribution is 0.0594. The van der Waals surface area contributed by atoms with Crippen LogP contribution in [0.3, 0.4) is 0 Å². The van der Waals surface area contributed by atoms with Crippen LogP contribution >= 0.6 is 0 Å². The summed E-state index contributed by atoms with van der Waals surface area (Å²) in [6.45, 7) is 0. The molecule has 0 aromatic heterocycles. The van der Waals surface area contributed by atoms with Crippen molar-refractivity contribution in [2.75, 3.05) is 0 Å². The van der Waals surface area contributed by atoms with Gasteiger partial charge in [0.15, 0.2) is 23.1 Å². The lowest BCUT2D eigenvalue weighted by Gasteiger charge is -2.28. The van der Waals surface area contributed by atoms with Gasteiger partial charge in [0.25, 0.3) is 0 Å². The first-order valence-corrected chi connectivity index (χ1v) is 6.65. The van der Waals surface area contributed by atoms with Crippen molar-refractivity contribution in [3.8, 4) is 23.0 Å². The van der Waals surface area contributed by atoms with Crippen molar-refractivity contribution in [1.29, 1.82) is 0 Å². The van der Waals surface area contributed by atoms with Gasteiger partial charge in [-0.3, -0.25) is 9.59 Å². The van der Waals surface area contributed by atoms with E-state index in [9.17, 15) is 35.1 Å². The Morgan fingerprint density at radius 3 is 2.13 bits per heavy atom. The van der Waals surface area contributed by atoms with Gasteiger partial charge in [-0.1, -0.05) is 6.07 Å². The molecule has 5 N–H and O–H groups in total. The lowest BCUT2D eigenvalue weighted by atomic mass is 9.76. The minimum atomic E-state index is -1.76. The van der Waals surface area contributed by atoms with E-state index in [4.69, 9.17) is 0 Å². The number of phenolic OH excluding ortho intramolecular Hbond substituents is 4. The molecule has 2 atom stereocenters. The molecule has 0 bridgehead atoms. The van der Waals surface area contributed by atoms with Crippen molar-refractivity contribution >= 4 is 11.6 Å². The zero-order chi connectivity index (χ0) is 16.9. The first-order chi connectivity index (χ1) is 10.8. The molecule has 1 aliphatic carbocycles. The van der Waals surface area contributed by atoms with E-state index in [1.165, 1.54) is 6.07 Å². The Labute approximate surface area is 129 Å². The summed E-state index contributed by atoms with van der Waals surface area (Å²) in [7, 11) is 0. The first kappa shape index (κ1) is 14.9. The van der Waals surface area contributed by atoms with Crippen LogP contribution in [-0.2, 0) is 0 Å². The van der Waals surface area contributed by atoms with Gasteiger partial charge in [0.2, 0.25) is 0 Å². The van der Waals surface area contributed by atoms with Crippen molar-refractivity contribution in [3.63, 3.8) is 0 Å². The van der Waals surface area contributed by atoms with Crippen LogP contribution in [0.4, 0.5) is 0 Å². The molecule has 1 aliphatic rings. The summed E-state index contributed by atoms with van der Waals surface area (Å²) < 4.78 is 0. The molecule has 0 amide bonds. The molecule has 2 aromatic carbocycles. The third-order valence-electron chi connectivity index (χ3n) is 3.84. The standard InChI is InChI=1S/C16H12O7/c17-7-4-8-13(11(20)5-7)16(23)15(22)12(14(8)21)6-1-2-9(18)10(19)3-6/h1-5,12,15,17-20,22H. The van der Waals surface area contributed by atoms with E-state index in [0.717, 1.165) is 24.3 Å². The Kier molecular flexibility index (Phi) is 3.23. The predicted molar refractivity (Wildman–Crippen MR) is 77.0 cm³/mol. The minimum Gasteiger partial charge on any atom is -0.508 e. The van der Waals surface area contributed by atoms with E-state index in [-0.39, 0.29) is 16.7 Å². The maximum atomic E-state index is 12.6. The van der Waals surface area contributed by atoms with Crippen molar-refractivity contribution in [3.05, 3.63) is 47.0 Å². The van der Waals surface area contributed by atoms with Crippen LogP contribution in [0, 0.1) is 0 Å². The van der Waals surface area contributed by atoms with Crippen LogP contribution in [0.5, 0.6) is 23.0 Å². The number of ketones is 2. The number of benzene rings is 2. The second-order valence-electron chi connectivity index (χ2n) is 5.29. The minimum absolute atomic E-state index is 0.125. The topological polar surface area (TPSA) is 135 Å². The van der Waals surface area contributed by atoms with Crippen molar-refractivity contribution in [2.45, 2.75) is 12.0 Å². The molecule has 7 heteroatoms. The summed E-state index contributed by atoms with van der Waals surface area (Å²) >= 11 is 0. The third-order valence-corrected chi connectivity index (χ3v) is 3.84. The molecule has 7 nitrogen and oxygen atoms in total. The second kappa shape index (κ2) is 4.99. The largest absolute Gasteiger partial charge is 0.508 e. The Bertz CT molecular complexity index is 841. The Balaban J connectivity index is 2.19. The number of carbonyl (C=O) groups excluding carboxylic acids is 2. The van der Waals surface area contributed by atoms with E-state index in [1.54, 1.807) is 0 Å². The number of phenols is 4. The molecule has 3 rings (SSSR count). The number of fused-ring (bicyclic) bond motifs is 1. The van der Waals surface area contributed by atoms with Gasteiger partial charge in [-0.05, 0) is 23.8 Å². The maximum absolute atomic E-state index is 12.6. The highest BCUT2D eigenvalue weighted by Gasteiger charge is 2.43. The normalized spacial score (nSPS) is 20.4. The fraction of sp³-hybridized carbons (Fsp3) is 0.125. The van der Waals surface area contributed by atoms with Gasteiger partial charge in [-0.25, -0.2) is 0 Å². The highest BCUT2D eigenvalue weighted by Crippen LogP contribution is 2.40. The SMILES string of the molecule is O=C1c2c(O)cc(O)cc2C(=O)C(c2ccc(O)c(O)c2)C1O. The van der Waals surface area contributed by atoms with Gasteiger partial charge in [-0.15, -0.1) is 0 Å². The lowest BCUT2D eigenvalue weighted by Crippen LogP contribution is -2.39. The maximum Gasteiger partial charge on any atom is 0.196 e. The summed E-state index contributed by atoms with van der Waals surface area (Å²) in [5.74, 6) is -4.77. The zero-order valence-electron chi connectivity index (χ0n) is 11.6. The quantitative estimate of drug-likeness (QED) is 0.496. The van der Waals surface area contributed by atoms with Crippen LogP contribution in [-0.4, -0.2) is 43.2 Å². The number of hydrogen-bond donors (Lipinski definition) is 5. The van der Waals surface area contributed by atoms with Gasteiger partial charge in [0.1, 0.15) is 17.6 Å². The fourth-order valence-corrected chi connectivity index (χ4v) is 2.74. The van der Waals surface area contributed by atoms with E-state index in [0.29, 0.717) is 0 Å². The molecule has 0 spiro atoms. The van der Waals surface area contributed by atoms with E-state index in [1.807, 2.05) is 0 Å². The van der Waals surface area contributed by atoms with Gasteiger partial charge >= 0.3 is 0 Å². The number of hydrogen-bond acceptors (Lipinski definition) is 7. The van der Waals surface area contributed by atoms with Crippen LogP contribution in [0.1, 0.15) is 32.2 Å². The molecule has 0 saturated heterocycles. The van der Waals surface area contributed by atoms with Crippen molar-refractivity contribution < 1.29 is 35.1 Å². The summed E-state index contributed by atoms with van der Waals surface area (Å²) in [4.78, 5) is 24.9. The predicted octanol–water partition coefficient (Wildman–Crippen LogP) is 1.03. The molecular formula is C16H12O7. The van der Waals surface area contributed by atoms with Gasteiger partial charge in [0.05, 0.1) is 11.5 Å². The second-order valence-corrected chi connectivity index (χ2v) is 5.29. The molecule has 23 heavy (non-hydrogen) atoms. The van der Waals surface area contributed by atoms with Crippen LogP contribution in [0.25, 0.3) is 0 Å². The van der Waals surface area contributed by atoms with E-state index >= 15 is 0 Å². The monoisotopic (exact) mass is 316 g/mol. The molecule has 2 unspecified atom stereocenters. The summed E-state index contributed by atoms with van der Waals surface area (Å²) in [5.41, 5.74) is -0.436. The van der Waals surface area contributed by atoms with E-state index < -0.39 is 46.6 Å². The molecule has 118 valence electrons. The van der Waals surface area contributed by atoms with E-state index in [2.05, 4.69) is 0 Å². The van der Waals surface area contributed by atoms with Crippen molar-refractivity contribution in [2.24, 2.45) is 0 Å². The summed E-state index contributed by atoms with van der Waals surface area (Å²) in [5, 5.41) is 48.3. The molecule has 0 fully saturated rings. The highest BCUT2D eigenvalue weighted by atomic mass is 16.3. The number of rotatable bonds is 1. The molecule has 0 radical (unpaired) electrons. The number of aliphatic hydroxyl groups is 1. The average molecular weight is 316 g/mol. The molecule has 0 aliphatic heterocycles. The van der Waals surface area contributed by atoms with Gasteiger partial charge in [0, 0.05) is 11.6 Å². The smallest absolute Gasteiger partial charge is 0.196 e. The molecular weight excluding hydrogens is 304 g/mol. The summed E-state index contributed by atoms with van der Waals surface area (Å²) in [6.07, 6.45) is -1.76. The Morgan fingerprint density at radius 1 is 0.783 bits per heavy atom.